The maximum absolute atomic E-state index is 5.44. The maximum atomic E-state index is 5.44. The summed E-state index contributed by atoms with van der Waals surface area (Å²) in [6.45, 7) is 7.84. The van der Waals surface area contributed by atoms with E-state index in [0.29, 0.717) is 0 Å². The lowest BCUT2D eigenvalue weighted by atomic mass is 9.98. The largest absolute Gasteiger partial charge is 0.363 e. The topological polar surface area (TPSA) is 15.3 Å². The van der Waals surface area contributed by atoms with Crippen LogP contribution in [0.15, 0.2) is 0 Å². The van der Waals surface area contributed by atoms with Crippen molar-refractivity contribution in [3.8, 4) is 0 Å². The maximum Gasteiger partial charge on any atom is 0.168 e. The van der Waals surface area contributed by atoms with Crippen LogP contribution in [-0.2, 0) is 0 Å². The molecule has 1 N–H and O–H groups in total. The second-order valence-corrected chi connectivity index (χ2v) is 5.16. The van der Waals surface area contributed by atoms with Crippen LogP contribution in [0.3, 0.4) is 0 Å². The summed E-state index contributed by atoms with van der Waals surface area (Å²) in [5, 5.41) is 4.35. The standard InChI is InChI=1S/C13H26N2S/c1-3-5-9-14-13(16)15-10-6-7-12(4-2)8-11-15/h12H,3-11H2,1-2H3,(H,14,16). The highest BCUT2D eigenvalue weighted by molar-refractivity contribution is 7.80. The predicted molar refractivity (Wildman–Crippen MR) is 74.7 cm³/mol. The van der Waals surface area contributed by atoms with Crippen molar-refractivity contribution < 1.29 is 0 Å². The molecule has 0 bridgehead atoms. The average molecular weight is 242 g/mol. The molecule has 1 heterocycles. The Morgan fingerprint density at radius 3 is 2.81 bits per heavy atom. The monoisotopic (exact) mass is 242 g/mol. The van der Waals surface area contributed by atoms with Gasteiger partial charge in [0.2, 0.25) is 0 Å². The van der Waals surface area contributed by atoms with Gasteiger partial charge in [0, 0.05) is 19.6 Å². The molecule has 0 saturated carbocycles. The number of thiocarbonyl (C=S) groups is 1. The van der Waals surface area contributed by atoms with Gasteiger partial charge in [0.05, 0.1) is 0 Å². The lowest BCUT2D eigenvalue weighted by Crippen LogP contribution is -2.40. The van der Waals surface area contributed by atoms with Crippen LogP contribution < -0.4 is 5.32 Å². The minimum Gasteiger partial charge on any atom is -0.363 e. The van der Waals surface area contributed by atoms with Crippen molar-refractivity contribution in [1.29, 1.82) is 0 Å². The quantitative estimate of drug-likeness (QED) is 0.602. The molecular weight excluding hydrogens is 216 g/mol. The molecule has 0 aliphatic carbocycles. The van der Waals surface area contributed by atoms with E-state index in [1.165, 1.54) is 38.5 Å². The molecule has 1 rings (SSSR count). The van der Waals surface area contributed by atoms with Crippen LogP contribution in [0.2, 0.25) is 0 Å². The third-order valence-corrected chi connectivity index (χ3v) is 3.92. The van der Waals surface area contributed by atoms with Crippen molar-refractivity contribution in [3.63, 3.8) is 0 Å². The summed E-state index contributed by atoms with van der Waals surface area (Å²) in [5.74, 6) is 0.920. The first-order valence-corrected chi connectivity index (χ1v) is 7.21. The van der Waals surface area contributed by atoms with Gasteiger partial charge >= 0.3 is 0 Å². The van der Waals surface area contributed by atoms with Gasteiger partial charge in [0.25, 0.3) is 0 Å². The van der Waals surface area contributed by atoms with Gasteiger partial charge in [0.1, 0.15) is 0 Å². The van der Waals surface area contributed by atoms with E-state index in [2.05, 4.69) is 24.1 Å². The first-order valence-electron chi connectivity index (χ1n) is 6.80. The van der Waals surface area contributed by atoms with Gasteiger partial charge < -0.3 is 10.2 Å². The molecule has 1 aliphatic heterocycles. The third-order valence-electron chi connectivity index (χ3n) is 3.52. The molecule has 0 radical (unpaired) electrons. The number of nitrogens with one attached hydrogen (secondary N) is 1. The highest BCUT2D eigenvalue weighted by Gasteiger charge is 2.16. The van der Waals surface area contributed by atoms with E-state index in [-0.39, 0.29) is 0 Å². The van der Waals surface area contributed by atoms with E-state index in [0.717, 1.165) is 30.7 Å². The average Bonchev–Trinajstić information content (AvgIpc) is 2.54. The second kappa shape index (κ2) is 7.88. The molecule has 0 aromatic rings. The Kier molecular flexibility index (Phi) is 6.78. The van der Waals surface area contributed by atoms with Gasteiger partial charge in [-0.2, -0.15) is 0 Å². The van der Waals surface area contributed by atoms with Crippen LogP contribution >= 0.6 is 12.2 Å². The number of rotatable bonds is 4. The minimum atomic E-state index is 0.920. The highest BCUT2D eigenvalue weighted by Crippen LogP contribution is 2.20. The molecule has 1 aliphatic rings. The summed E-state index contributed by atoms with van der Waals surface area (Å²) >= 11 is 5.44. The minimum absolute atomic E-state index is 0.920. The molecule has 0 aromatic heterocycles. The van der Waals surface area contributed by atoms with Crippen molar-refractivity contribution >= 4 is 17.3 Å². The number of nitrogens with zero attached hydrogens (tertiary/aromatic N) is 1. The summed E-state index contributed by atoms with van der Waals surface area (Å²) in [6.07, 6.45) is 7.76. The number of hydrogen-bond donors (Lipinski definition) is 1. The Morgan fingerprint density at radius 1 is 1.31 bits per heavy atom. The van der Waals surface area contributed by atoms with Crippen LogP contribution in [0, 0.1) is 5.92 Å². The normalized spacial score (nSPS) is 21.6. The first-order chi connectivity index (χ1) is 7.77. The Bertz CT molecular complexity index is 206. The molecule has 0 spiro atoms. The van der Waals surface area contributed by atoms with Crippen LogP contribution in [0.1, 0.15) is 52.4 Å². The Morgan fingerprint density at radius 2 is 2.12 bits per heavy atom. The summed E-state index contributed by atoms with van der Waals surface area (Å²) in [4.78, 5) is 2.36. The summed E-state index contributed by atoms with van der Waals surface area (Å²) < 4.78 is 0. The van der Waals surface area contributed by atoms with E-state index in [4.69, 9.17) is 12.2 Å². The van der Waals surface area contributed by atoms with Gasteiger partial charge in [-0.3, -0.25) is 0 Å². The Hall–Kier alpha value is -0.310. The second-order valence-electron chi connectivity index (χ2n) is 4.78. The van der Waals surface area contributed by atoms with Crippen LogP contribution in [0.5, 0.6) is 0 Å². The van der Waals surface area contributed by atoms with E-state index in [1.807, 2.05) is 0 Å². The van der Waals surface area contributed by atoms with E-state index >= 15 is 0 Å². The third kappa shape index (κ3) is 4.69. The summed E-state index contributed by atoms with van der Waals surface area (Å²) in [7, 11) is 0. The van der Waals surface area contributed by atoms with Gasteiger partial charge in [-0.05, 0) is 43.8 Å². The van der Waals surface area contributed by atoms with E-state index < -0.39 is 0 Å². The van der Waals surface area contributed by atoms with Crippen LogP contribution in [0.4, 0.5) is 0 Å². The van der Waals surface area contributed by atoms with Crippen molar-refractivity contribution in [2.24, 2.45) is 5.92 Å². The number of hydrogen-bond acceptors (Lipinski definition) is 1. The smallest absolute Gasteiger partial charge is 0.168 e. The summed E-state index contributed by atoms with van der Waals surface area (Å²) in [5.41, 5.74) is 0. The molecule has 3 heteroatoms. The molecule has 16 heavy (non-hydrogen) atoms. The number of likely N-dealkylation sites (tertiary alicyclic amines) is 1. The molecule has 94 valence electrons. The van der Waals surface area contributed by atoms with Crippen LogP contribution in [0.25, 0.3) is 0 Å². The fourth-order valence-corrected chi connectivity index (χ4v) is 2.55. The predicted octanol–water partition coefficient (Wildman–Crippen LogP) is 3.17. The SMILES string of the molecule is CCCCNC(=S)N1CCCC(CC)CC1. The zero-order valence-corrected chi connectivity index (χ0v) is 11.6. The van der Waals surface area contributed by atoms with Crippen molar-refractivity contribution in [3.05, 3.63) is 0 Å². The van der Waals surface area contributed by atoms with Crippen molar-refractivity contribution in [1.82, 2.24) is 10.2 Å². The zero-order valence-electron chi connectivity index (χ0n) is 10.8. The van der Waals surface area contributed by atoms with Gasteiger partial charge in [-0.1, -0.05) is 26.7 Å². The van der Waals surface area contributed by atoms with Crippen molar-refractivity contribution in [2.75, 3.05) is 19.6 Å². The number of unbranched alkanes of at least 4 members (excludes halogenated alkanes) is 1. The highest BCUT2D eigenvalue weighted by atomic mass is 32.1. The van der Waals surface area contributed by atoms with E-state index in [9.17, 15) is 0 Å². The zero-order chi connectivity index (χ0) is 11.8. The summed E-state index contributed by atoms with van der Waals surface area (Å²) in [6, 6.07) is 0. The lowest BCUT2D eigenvalue weighted by molar-refractivity contribution is 0.406. The Balaban J connectivity index is 2.27. The van der Waals surface area contributed by atoms with Crippen LogP contribution in [-0.4, -0.2) is 29.6 Å². The van der Waals surface area contributed by atoms with Gasteiger partial charge in [-0.25, -0.2) is 0 Å². The lowest BCUT2D eigenvalue weighted by Gasteiger charge is -2.24. The fourth-order valence-electron chi connectivity index (χ4n) is 2.26. The van der Waals surface area contributed by atoms with Crippen molar-refractivity contribution in [2.45, 2.75) is 52.4 Å². The molecule has 0 amide bonds. The molecule has 1 unspecified atom stereocenters. The first kappa shape index (κ1) is 13.8. The fraction of sp³-hybridized carbons (Fsp3) is 0.923. The van der Waals surface area contributed by atoms with Gasteiger partial charge in [-0.15, -0.1) is 0 Å². The molecule has 2 nitrogen and oxygen atoms in total. The van der Waals surface area contributed by atoms with E-state index in [1.54, 1.807) is 0 Å². The molecule has 0 aromatic carbocycles. The molecule has 1 saturated heterocycles. The Labute approximate surface area is 106 Å². The molecule has 1 fully saturated rings. The molecule has 1 atom stereocenters. The van der Waals surface area contributed by atoms with Gasteiger partial charge in [0.15, 0.2) is 5.11 Å². The molecular formula is C13H26N2S.